The number of aliphatic hydroxyl groups excluding tert-OH is 1. The van der Waals surface area contributed by atoms with Crippen LogP contribution in [-0.2, 0) is 5.54 Å². The van der Waals surface area contributed by atoms with Gasteiger partial charge in [0.1, 0.15) is 17.9 Å². The van der Waals surface area contributed by atoms with Gasteiger partial charge in [-0.15, -0.1) is 0 Å². The molecular weight excluding hydrogens is 322 g/mol. The molecule has 0 amide bonds. The molecule has 0 radical (unpaired) electrons. The van der Waals surface area contributed by atoms with Crippen LogP contribution in [-0.4, -0.2) is 42.5 Å². The summed E-state index contributed by atoms with van der Waals surface area (Å²) in [7, 11) is 2.96. The fourth-order valence-electron chi connectivity index (χ4n) is 2.38. The third kappa shape index (κ3) is 2.73. The van der Waals surface area contributed by atoms with Crippen LogP contribution in [0.3, 0.4) is 0 Å². The maximum atomic E-state index is 9.96. The van der Waals surface area contributed by atoms with Crippen molar-refractivity contribution in [2.75, 3.05) is 32.8 Å². The van der Waals surface area contributed by atoms with Gasteiger partial charge >= 0.3 is 0 Å². The molecule has 2 N–H and O–H groups in total. The Kier molecular flexibility index (Phi) is 4.14. The molecule has 1 unspecified atom stereocenters. The second-order valence-electron chi connectivity index (χ2n) is 5.07. The second kappa shape index (κ2) is 6.10. The Labute approximate surface area is 138 Å². The summed E-state index contributed by atoms with van der Waals surface area (Å²) in [5, 5.41) is 13.8. The fraction of sp³-hybridized carbons (Fsp3) is 0.333. The van der Waals surface area contributed by atoms with Crippen LogP contribution in [0.4, 0.5) is 5.69 Å². The number of benzene rings is 1. The summed E-state index contributed by atoms with van der Waals surface area (Å²) in [6.45, 7) is -0.0692. The maximum absolute atomic E-state index is 9.96. The van der Waals surface area contributed by atoms with Gasteiger partial charge in [0.2, 0.25) is 0 Å². The molecule has 23 heavy (non-hydrogen) atoms. The van der Waals surface area contributed by atoms with Gasteiger partial charge in [-0.2, -0.15) is 0 Å². The van der Waals surface area contributed by atoms with Crippen LogP contribution < -0.4 is 19.5 Å². The average Bonchev–Trinajstić information content (AvgIpc) is 2.60. The van der Waals surface area contributed by atoms with Gasteiger partial charge in [-0.1, -0.05) is 11.6 Å². The first-order valence-electron chi connectivity index (χ1n) is 6.89. The van der Waals surface area contributed by atoms with E-state index in [1.165, 1.54) is 20.4 Å². The van der Waals surface area contributed by atoms with E-state index in [0.29, 0.717) is 22.2 Å². The Morgan fingerprint density at radius 2 is 2.13 bits per heavy atom. The maximum Gasteiger partial charge on any atom is 0.278 e. The predicted molar refractivity (Wildman–Crippen MR) is 84.5 cm³/mol. The van der Waals surface area contributed by atoms with Gasteiger partial charge < -0.3 is 24.6 Å². The zero-order valence-electron chi connectivity index (χ0n) is 12.7. The Morgan fingerprint density at radius 3 is 2.83 bits per heavy atom. The largest absolute Gasteiger partial charge is 0.488 e. The molecule has 122 valence electrons. The lowest BCUT2D eigenvalue weighted by Crippen LogP contribution is -2.48. The standard InChI is InChI=1S/C15H16ClN3O4/c1-21-13-14(22-2)18-12(6-17-13)15(7-20)8-23-11-5-9(16)3-4-10(11)19-15/h3-6,19-20H,7-8H2,1-2H3. The van der Waals surface area contributed by atoms with Gasteiger partial charge in [0.15, 0.2) is 0 Å². The van der Waals surface area contributed by atoms with Crippen LogP contribution in [0.5, 0.6) is 17.5 Å². The van der Waals surface area contributed by atoms with Crippen LogP contribution >= 0.6 is 11.6 Å². The van der Waals surface area contributed by atoms with E-state index in [4.69, 9.17) is 25.8 Å². The number of methoxy groups -OCH3 is 2. The minimum atomic E-state index is -0.937. The Bertz CT molecular complexity index is 728. The van der Waals surface area contributed by atoms with Crippen LogP contribution in [0.2, 0.25) is 5.02 Å². The minimum Gasteiger partial charge on any atom is -0.488 e. The number of aromatic nitrogens is 2. The van der Waals surface area contributed by atoms with Crippen LogP contribution in [0.15, 0.2) is 24.4 Å². The van der Waals surface area contributed by atoms with Gasteiger partial charge in [0, 0.05) is 11.1 Å². The number of fused-ring (bicyclic) bond motifs is 1. The number of halogens is 1. The van der Waals surface area contributed by atoms with Gasteiger partial charge in [0.25, 0.3) is 11.8 Å². The first kappa shape index (κ1) is 15.6. The SMILES string of the molecule is COc1ncc(C2(CO)COc3cc(Cl)ccc3N2)nc1OC. The summed E-state index contributed by atoms with van der Waals surface area (Å²) in [6.07, 6.45) is 1.52. The molecule has 1 aliphatic heterocycles. The molecule has 3 rings (SSSR count). The van der Waals surface area contributed by atoms with Crippen LogP contribution in [0.25, 0.3) is 0 Å². The zero-order chi connectivity index (χ0) is 16.4. The predicted octanol–water partition coefficient (Wildman–Crippen LogP) is 1.84. The molecule has 8 heteroatoms. The fourth-order valence-corrected chi connectivity index (χ4v) is 2.54. The van der Waals surface area contributed by atoms with Gasteiger partial charge in [-0.25, -0.2) is 9.97 Å². The van der Waals surface area contributed by atoms with Crippen LogP contribution in [0.1, 0.15) is 5.69 Å². The lowest BCUT2D eigenvalue weighted by atomic mass is 9.95. The molecule has 2 aromatic rings. The Balaban J connectivity index is 2.01. The minimum absolute atomic E-state index is 0.168. The summed E-state index contributed by atoms with van der Waals surface area (Å²) in [5.41, 5.74) is 0.262. The van der Waals surface area contributed by atoms with E-state index in [1.807, 2.05) is 0 Å². The second-order valence-corrected chi connectivity index (χ2v) is 5.50. The highest BCUT2D eigenvalue weighted by Gasteiger charge is 2.39. The van der Waals surface area contributed by atoms with E-state index in [1.54, 1.807) is 18.2 Å². The van der Waals surface area contributed by atoms with Crippen molar-refractivity contribution in [3.63, 3.8) is 0 Å². The topological polar surface area (TPSA) is 85.7 Å². The molecule has 1 aliphatic rings. The van der Waals surface area contributed by atoms with Gasteiger partial charge in [-0.05, 0) is 12.1 Å². The zero-order valence-corrected chi connectivity index (χ0v) is 13.4. The molecule has 0 spiro atoms. The van der Waals surface area contributed by atoms with E-state index >= 15 is 0 Å². The third-order valence-electron chi connectivity index (χ3n) is 3.65. The summed E-state index contributed by atoms with van der Waals surface area (Å²) >= 11 is 5.96. The lowest BCUT2D eigenvalue weighted by molar-refractivity contribution is 0.134. The van der Waals surface area contributed by atoms with Gasteiger partial charge in [0.05, 0.1) is 38.4 Å². The molecular formula is C15H16ClN3O4. The number of hydrogen-bond acceptors (Lipinski definition) is 7. The van der Waals surface area contributed by atoms with E-state index in [2.05, 4.69) is 15.3 Å². The Morgan fingerprint density at radius 1 is 1.35 bits per heavy atom. The third-order valence-corrected chi connectivity index (χ3v) is 3.88. The summed E-state index contributed by atoms with van der Waals surface area (Å²) in [6, 6.07) is 5.24. The number of aliphatic hydroxyl groups is 1. The smallest absolute Gasteiger partial charge is 0.278 e. The van der Waals surface area contributed by atoms with Crippen molar-refractivity contribution >= 4 is 17.3 Å². The normalized spacial score (nSPS) is 19.3. The molecule has 0 saturated heterocycles. The molecule has 1 atom stereocenters. The summed E-state index contributed by atoms with van der Waals surface area (Å²) in [5.74, 6) is 1.13. The van der Waals surface area contributed by atoms with Crippen molar-refractivity contribution in [3.05, 3.63) is 35.1 Å². The van der Waals surface area contributed by atoms with Crippen molar-refractivity contribution in [3.8, 4) is 17.5 Å². The first-order valence-corrected chi connectivity index (χ1v) is 7.26. The molecule has 0 bridgehead atoms. The van der Waals surface area contributed by atoms with Gasteiger partial charge in [-0.3, -0.25) is 0 Å². The molecule has 2 heterocycles. The highest BCUT2D eigenvalue weighted by molar-refractivity contribution is 6.30. The number of ether oxygens (including phenoxy) is 3. The molecule has 0 aliphatic carbocycles. The highest BCUT2D eigenvalue weighted by Crippen LogP contribution is 2.39. The molecule has 1 aromatic carbocycles. The monoisotopic (exact) mass is 337 g/mol. The van der Waals surface area contributed by atoms with Crippen LogP contribution in [0, 0.1) is 0 Å². The number of rotatable bonds is 4. The lowest BCUT2D eigenvalue weighted by Gasteiger charge is -2.37. The summed E-state index contributed by atoms with van der Waals surface area (Å²) < 4.78 is 16.0. The van der Waals surface area contributed by atoms with Crippen molar-refractivity contribution in [2.24, 2.45) is 0 Å². The van der Waals surface area contributed by atoms with E-state index in [9.17, 15) is 5.11 Å². The number of hydrogen-bond donors (Lipinski definition) is 2. The number of nitrogens with zero attached hydrogens (tertiary/aromatic N) is 2. The molecule has 0 fully saturated rings. The van der Waals surface area contributed by atoms with E-state index < -0.39 is 5.54 Å². The average molecular weight is 338 g/mol. The van der Waals surface area contributed by atoms with Crippen molar-refractivity contribution in [1.82, 2.24) is 9.97 Å². The molecule has 0 saturated carbocycles. The highest BCUT2D eigenvalue weighted by atomic mass is 35.5. The Hall–Kier alpha value is -2.25. The quantitative estimate of drug-likeness (QED) is 0.880. The number of nitrogens with one attached hydrogen (secondary N) is 1. The first-order chi connectivity index (χ1) is 11.1. The molecule has 7 nitrogen and oxygen atoms in total. The van der Waals surface area contributed by atoms with E-state index in [0.717, 1.165) is 0 Å². The number of anilines is 1. The summed E-state index contributed by atoms with van der Waals surface area (Å²) in [4.78, 5) is 8.55. The van der Waals surface area contributed by atoms with Crippen molar-refractivity contribution < 1.29 is 19.3 Å². The van der Waals surface area contributed by atoms with E-state index in [-0.39, 0.29) is 25.0 Å². The molecule has 1 aromatic heterocycles. The van der Waals surface area contributed by atoms with Crippen molar-refractivity contribution in [1.29, 1.82) is 0 Å². The van der Waals surface area contributed by atoms with Crippen molar-refractivity contribution in [2.45, 2.75) is 5.54 Å².